The molecule has 2 heterocycles. The van der Waals surface area contributed by atoms with Crippen molar-refractivity contribution in [3.8, 4) is 5.69 Å². The van der Waals surface area contributed by atoms with Gasteiger partial charge in [-0.05, 0) is 92.6 Å². The van der Waals surface area contributed by atoms with Crippen molar-refractivity contribution in [2.75, 3.05) is 6.54 Å². The van der Waals surface area contributed by atoms with Crippen LogP contribution in [0.5, 0.6) is 0 Å². The summed E-state index contributed by atoms with van der Waals surface area (Å²) < 4.78 is 2.22. The molecule has 2 aliphatic rings. The highest BCUT2D eigenvalue weighted by Gasteiger charge is 2.36. The van der Waals surface area contributed by atoms with Gasteiger partial charge >= 0.3 is 0 Å². The molecule has 1 saturated heterocycles. The van der Waals surface area contributed by atoms with Gasteiger partial charge in [0.05, 0.1) is 4.91 Å². The fraction of sp³-hybridized carbons (Fsp3) is 0.481. The van der Waals surface area contributed by atoms with E-state index in [-0.39, 0.29) is 11.1 Å². The Morgan fingerprint density at radius 3 is 2.47 bits per heavy atom. The molecule has 2 aromatic rings. The quantitative estimate of drug-likeness (QED) is 0.424. The minimum Gasteiger partial charge on any atom is -0.318 e. The maximum Gasteiger partial charge on any atom is 0.293 e. The van der Waals surface area contributed by atoms with Gasteiger partial charge in [0.2, 0.25) is 0 Å². The van der Waals surface area contributed by atoms with Crippen LogP contribution < -0.4 is 0 Å². The van der Waals surface area contributed by atoms with Crippen molar-refractivity contribution in [2.24, 2.45) is 5.92 Å². The molecule has 32 heavy (non-hydrogen) atoms. The summed E-state index contributed by atoms with van der Waals surface area (Å²) >= 11 is 1.08. The van der Waals surface area contributed by atoms with E-state index in [2.05, 4.69) is 55.7 Å². The van der Waals surface area contributed by atoms with E-state index in [1.807, 2.05) is 6.08 Å². The molecule has 2 amide bonds. The third-order valence-corrected chi connectivity index (χ3v) is 7.72. The first-order valence-electron chi connectivity index (χ1n) is 12.0. The minimum absolute atomic E-state index is 0.122. The van der Waals surface area contributed by atoms with Crippen LogP contribution in [0.1, 0.15) is 74.4 Å². The van der Waals surface area contributed by atoms with Gasteiger partial charge in [-0.2, -0.15) is 0 Å². The summed E-state index contributed by atoms with van der Waals surface area (Å²) in [6.45, 7) is 6.96. The van der Waals surface area contributed by atoms with Gasteiger partial charge in [-0.1, -0.05) is 44.7 Å². The molecule has 0 N–H and O–H groups in total. The van der Waals surface area contributed by atoms with Crippen LogP contribution in [-0.2, 0) is 11.2 Å². The number of hydrogen-bond acceptors (Lipinski definition) is 3. The van der Waals surface area contributed by atoms with E-state index in [1.165, 1.54) is 42.6 Å². The molecule has 0 unspecified atom stereocenters. The van der Waals surface area contributed by atoms with E-state index < -0.39 is 0 Å². The van der Waals surface area contributed by atoms with Gasteiger partial charge in [-0.15, -0.1) is 0 Å². The van der Waals surface area contributed by atoms with Crippen molar-refractivity contribution in [1.82, 2.24) is 9.47 Å². The van der Waals surface area contributed by atoms with Gasteiger partial charge < -0.3 is 4.57 Å². The second-order valence-electron chi connectivity index (χ2n) is 9.23. The molecule has 1 aromatic heterocycles. The molecule has 4 rings (SSSR count). The number of aromatic nitrogens is 1. The van der Waals surface area contributed by atoms with Crippen LogP contribution in [0.2, 0.25) is 0 Å². The Morgan fingerprint density at radius 1 is 1.06 bits per heavy atom. The molecular formula is C27H34N2O2S. The monoisotopic (exact) mass is 450 g/mol. The van der Waals surface area contributed by atoms with Crippen LogP contribution >= 0.6 is 11.8 Å². The summed E-state index contributed by atoms with van der Waals surface area (Å²) in [6.07, 6.45) is 11.4. The Balaban J connectivity index is 1.53. The molecule has 1 saturated carbocycles. The van der Waals surface area contributed by atoms with Gasteiger partial charge in [-0.3, -0.25) is 14.5 Å². The summed E-state index contributed by atoms with van der Waals surface area (Å²) in [4.78, 5) is 27.6. The molecule has 5 heteroatoms. The molecule has 1 aromatic carbocycles. The number of carbonyl (C=O) groups is 2. The molecule has 0 spiro atoms. The van der Waals surface area contributed by atoms with Gasteiger partial charge in [-0.25, -0.2) is 0 Å². The van der Waals surface area contributed by atoms with E-state index in [9.17, 15) is 9.59 Å². The van der Waals surface area contributed by atoms with Crippen LogP contribution in [0.15, 0.2) is 35.2 Å². The average molecular weight is 451 g/mol. The van der Waals surface area contributed by atoms with Crippen molar-refractivity contribution in [3.63, 3.8) is 0 Å². The minimum atomic E-state index is -0.129. The Kier molecular flexibility index (Phi) is 7.24. The number of aryl methyl sites for hydroxylation is 2. The van der Waals surface area contributed by atoms with Crippen LogP contribution in [-0.4, -0.2) is 27.2 Å². The van der Waals surface area contributed by atoms with Gasteiger partial charge in [0.25, 0.3) is 11.1 Å². The smallest absolute Gasteiger partial charge is 0.293 e. The Hall–Kier alpha value is -2.27. The molecule has 1 aliphatic carbocycles. The largest absolute Gasteiger partial charge is 0.318 e. The van der Waals surface area contributed by atoms with E-state index >= 15 is 0 Å². The third kappa shape index (κ3) is 4.88. The summed E-state index contributed by atoms with van der Waals surface area (Å²) in [7, 11) is 0. The fourth-order valence-electron chi connectivity index (χ4n) is 4.95. The number of imide groups is 1. The molecule has 0 atom stereocenters. The third-order valence-electron chi connectivity index (χ3n) is 6.81. The molecule has 0 bridgehead atoms. The van der Waals surface area contributed by atoms with Gasteiger partial charge in [0.1, 0.15) is 0 Å². The van der Waals surface area contributed by atoms with Crippen LogP contribution in [0, 0.1) is 19.8 Å². The lowest BCUT2D eigenvalue weighted by molar-refractivity contribution is -0.123. The van der Waals surface area contributed by atoms with Crippen molar-refractivity contribution >= 4 is 29.0 Å². The zero-order valence-corrected chi connectivity index (χ0v) is 20.3. The fourth-order valence-corrected chi connectivity index (χ4v) is 5.79. The van der Waals surface area contributed by atoms with Gasteiger partial charge in [0.15, 0.2) is 0 Å². The van der Waals surface area contributed by atoms with Crippen LogP contribution in [0.3, 0.4) is 0 Å². The number of nitrogens with zero attached hydrogens (tertiary/aromatic N) is 2. The number of hydrogen-bond donors (Lipinski definition) is 0. The lowest BCUT2D eigenvalue weighted by atomic mass is 9.89. The molecule has 170 valence electrons. The normalized spacial score (nSPS) is 18.8. The summed E-state index contributed by atoms with van der Waals surface area (Å²) in [5.74, 6) is 0.331. The van der Waals surface area contributed by atoms with Crippen molar-refractivity contribution in [1.29, 1.82) is 0 Å². The van der Waals surface area contributed by atoms with E-state index in [1.54, 1.807) is 0 Å². The van der Waals surface area contributed by atoms with Crippen molar-refractivity contribution < 1.29 is 9.59 Å². The molecule has 4 nitrogen and oxygen atoms in total. The van der Waals surface area contributed by atoms with E-state index in [0.29, 0.717) is 17.4 Å². The number of thioether (sulfide) groups is 1. The van der Waals surface area contributed by atoms with Crippen molar-refractivity contribution in [2.45, 2.75) is 72.1 Å². The Morgan fingerprint density at radius 2 is 1.78 bits per heavy atom. The first-order valence-corrected chi connectivity index (χ1v) is 12.8. The van der Waals surface area contributed by atoms with Crippen LogP contribution in [0.4, 0.5) is 4.79 Å². The lowest BCUT2D eigenvalue weighted by Gasteiger charge is -2.25. The summed E-state index contributed by atoms with van der Waals surface area (Å²) in [5, 5.41) is -0.122. The molecule has 1 aliphatic heterocycles. The standard InChI is InChI=1S/C27H34N2O2S/c1-4-5-9-21-12-14-24(15-13-21)29-19(2)16-23(20(29)3)17-25-26(30)28(27(31)32-25)18-22-10-7-6-8-11-22/h12-17,22H,4-11,18H2,1-3H3/b25-17+. The number of amides is 2. The van der Waals surface area contributed by atoms with Gasteiger partial charge in [0, 0.05) is 23.6 Å². The van der Waals surface area contributed by atoms with Crippen molar-refractivity contribution in [3.05, 3.63) is 57.8 Å². The number of carbonyl (C=O) groups excluding carboxylic acids is 2. The van der Waals surface area contributed by atoms with E-state index in [4.69, 9.17) is 0 Å². The Bertz CT molecular complexity index is 1010. The SMILES string of the molecule is CCCCc1ccc(-n2c(C)cc(/C=C3/SC(=O)N(CC4CCCCC4)C3=O)c2C)cc1. The van der Waals surface area contributed by atoms with E-state index in [0.717, 1.165) is 53.7 Å². The zero-order valence-electron chi connectivity index (χ0n) is 19.5. The Labute approximate surface area is 196 Å². The number of benzene rings is 1. The lowest BCUT2D eigenvalue weighted by Crippen LogP contribution is -2.34. The number of unbranched alkanes of at least 4 members (excludes halogenated alkanes) is 1. The maximum atomic E-state index is 13.0. The first-order chi connectivity index (χ1) is 15.5. The molecular weight excluding hydrogens is 416 g/mol. The summed E-state index contributed by atoms with van der Waals surface area (Å²) in [6, 6.07) is 10.9. The predicted octanol–water partition coefficient (Wildman–Crippen LogP) is 7.05. The molecule has 0 radical (unpaired) electrons. The molecule has 2 fully saturated rings. The average Bonchev–Trinajstić information content (AvgIpc) is 3.22. The zero-order chi connectivity index (χ0) is 22.7. The second kappa shape index (κ2) is 10.1. The maximum absolute atomic E-state index is 13.0. The summed E-state index contributed by atoms with van der Waals surface area (Å²) in [5.41, 5.74) is 5.70. The second-order valence-corrected chi connectivity index (χ2v) is 10.2. The topological polar surface area (TPSA) is 42.3 Å². The highest BCUT2D eigenvalue weighted by molar-refractivity contribution is 8.18. The highest BCUT2D eigenvalue weighted by atomic mass is 32.2. The highest BCUT2D eigenvalue weighted by Crippen LogP contribution is 2.36. The first kappa shape index (κ1) is 22.9. The number of rotatable bonds is 7. The van der Waals surface area contributed by atoms with Crippen LogP contribution in [0.25, 0.3) is 11.8 Å². The predicted molar refractivity (Wildman–Crippen MR) is 133 cm³/mol.